The third-order valence-corrected chi connectivity index (χ3v) is 20.4. The highest BCUT2D eigenvalue weighted by molar-refractivity contribution is 8.76. The summed E-state index contributed by atoms with van der Waals surface area (Å²) < 4.78 is 5.60. The Bertz CT molecular complexity index is 4620. The van der Waals surface area contributed by atoms with Crippen LogP contribution in [0.15, 0.2) is 114 Å². The highest BCUT2D eigenvalue weighted by atomic mass is 35.5. The highest BCUT2D eigenvalue weighted by Gasteiger charge is 2.36. The van der Waals surface area contributed by atoms with Crippen molar-refractivity contribution in [3.8, 4) is 5.75 Å². The van der Waals surface area contributed by atoms with Gasteiger partial charge in [0.25, 0.3) is 17.4 Å². The monoisotopic (exact) mass is 1430 g/mol. The van der Waals surface area contributed by atoms with E-state index in [0.29, 0.717) is 131 Å². The maximum absolute atomic E-state index is 14.2. The van der Waals surface area contributed by atoms with E-state index in [1.807, 2.05) is 48.5 Å². The Kier molecular flexibility index (Phi) is 25.0. The first-order valence-corrected chi connectivity index (χ1v) is 36.6. The molecule has 4 atom stereocenters. The highest BCUT2D eigenvalue weighted by Crippen LogP contribution is 2.46. The third kappa shape index (κ3) is 19.5. The van der Waals surface area contributed by atoms with E-state index in [2.05, 4.69) is 51.5 Å². The van der Waals surface area contributed by atoms with Crippen LogP contribution in [0.25, 0.3) is 38.9 Å². The first kappa shape index (κ1) is 73.7. The molecule has 1 aliphatic carbocycles. The number of esters is 1. The Labute approximate surface area is 595 Å². The van der Waals surface area contributed by atoms with Crippen molar-refractivity contribution in [1.29, 1.82) is 5.41 Å². The maximum atomic E-state index is 14.2. The number of ether oxygens (including phenoxy) is 1. The summed E-state index contributed by atoms with van der Waals surface area (Å²) in [4.78, 5) is 152. The van der Waals surface area contributed by atoms with Crippen molar-refractivity contribution < 1.29 is 47.9 Å². The van der Waals surface area contributed by atoms with Crippen LogP contribution in [0, 0.1) is 24.2 Å². The zero-order valence-corrected chi connectivity index (χ0v) is 58.9. The number of unbranched alkanes of at least 4 members (excludes halogenated alkanes) is 1. The van der Waals surface area contributed by atoms with Crippen LogP contribution in [-0.2, 0) is 52.8 Å². The number of carbonyl (C=O) groups is 9. The fraction of sp³-hybridized carbons (Fsp3) is 0.351. The molecule has 101 heavy (non-hydrogen) atoms. The van der Waals surface area contributed by atoms with Crippen molar-refractivity contribution in [2.45, 2.75) is 117 Å². The molecule has 27 heteroatoms. The number of nitrogens with zero attached hydrogens (tertiary/aromatic N) is 4. The molecule has 8 aromatic rings. The number of hydrogen-bond donors (Lipinski definition) is 9. The van der Waals surface area contributed by atoms with Gasteiger partial charge < -0.3 is 51.9 Å². The number of aryl methyl sites for hydroxylation is 3. The standard InChI is InChI=1S/C74H80ClN13O11S2/c1-41(30-55(90)10-5-8-14-62(91)46-18-15-45(16-19-46)17-21-54-39-80-68-67(84-54)72(97)82-43(3)81-68)70(95)87-59(13-9-26-79-74(76)77)63(92)31-42(2)69(94)78-27-29-101-100-28-25-65(93)83-52-22-20-47-32-50(33-48(47)34-52)71(96)85-53-23-24-58-49(35-53)36-60(86-58)73(98)88-40-51(38-75)66-57-12-7-6-11-56(57)64(37-61(66)88)99-44(4)89/h6-7,11-12,15-16,18-20,22-24,33-37,39,41-42,51,59,86H,5,8-10,13-14,17,21,25-32,38,40H2,1-4H3,(H,78,94)(H,83,93)(H,85,96)(H,87,95)(H4,76,77,79)(H,80,81,82,97)/t41-,42-,51+,59+/m1/s1. The number of benzene rings is 5. The number of amides is 5. The van der Waals surface area contributed by atoms with Gasteiger partial charge in [0, 0.05) is 145 Å². The number of aromatic nitrogens is 5. The minimum Gasteiger partial charge on any atom is -0.426 e. The predicted molar refractivity (Wildman–Crippen MR) is 395 cm³/mol. The number of halogens is 1. The summed E-state index contributed by atoms with van der Waals surface area (Å²) in [5.41, 5.74) is 13.8. The number of anilines is 3. The molecule has 3 aromatic heterocycles. The number of carbonyl (C=O) groups excluding carboxylic acids is 9. The van der Waals surface area contributed by atoms with Gasteiger partial charge in [0.1, 0.15) is 23.1 Å². The largest absolute Gasteiger partial charge is 0.426 e. The molecule has 0 saturated heterocycles. The van der Waals surface area contributed by atoms with Gasteiger partial charge in [-0.25, -0.2) is 15.0 Å². The fourth-order valence-electron chi connectivity index (χ4n) is 12.4. The Morgan fingerprint density at radius 2 is 1.53 bits per heavy atom. The van der Waals surface area contributed by atoms with Gasteiger partial charge in [-0.05, 0) is 116 Å². The number of aromatic amines is 2. The minimum atomic E-state index is -0.951. The summed E-state index contributed by atoms with van der Waals surface area (Å²) in [6.45, 7) is 7.18. The van der Waals surface area contributed by atoms with Crippen LogP contribution in [0.3, 0.4) is 0 Å². The van der Waals surface area contributed by atoms with Gasteiger partial charge in [0.05, 0.1) is 23.6 Å². The quantitative estimate of drug-likeness (QED) is 0.00264. The van der Waals surface area contributed by atoms with Gasteiger partial charge in [0.2, 0.25) is 17.7 Å². The van der Waals surface area contributed by atoms with Crippen LogP contribution in [0.4, 0.5) is 17.1 Å². The van der Waals surface area contributed by atoms with E-state index in [-0.39, 0.29) is 115 Å². The number of guanidine groups is 1. The van der Waals surface area contributed by atoms with Gasteiger partial charge >= 0.3 is 5.97 Å². The molecule has 0 fully saturated rings. The van der Waals surface area contributed by atoms with Crippen molar-refractivity contribution >= 4 is 148 Å². The van der Waals surface area contributed by atoms with Crippen molar-refractivity contribution in [1.82, 2.24) is 40.9 Å². The summed E-state index contributed by atoms with van der Waals surface area (Å²) >= 11 is 6.49. The first-order chi connectivity index (χ1) is 48.6. The van der Waals surface area contributed by atoms with Crippen LogP contribution in [0.1, 0.15) is 139 Å². The number of alkyl halides is 1. The average molecular weight is 1430 g/mol. The van der Waals surface area contributed by atoms with E-state index in [0.717, 1.165) is 33.0 Å². The summed E-state index contributed by atoms with van der Waals surface area (Å²) in [5.74, 6) is -2.33. The van der Waals surface area contributed by atoms with Crippen LogP contribution in [-0.4, -0.2) is 127 Å². The SMILES string of the molecule is CC(=O)Oc1cc2c(c3ccccc13)[C@@H](CCl)CN2C(=O)c1cc2cc(NC(=O)C3=Cc4cc(NC(=O)CCSSCCNC(=O)[C@H](C)CC(=O)[C@H](CCCNC(=N)N)NC(=O)[C@H](C)CC(=O)CCCCC(=O)c5ccc(CCc6cnc7nc(C)[nH]c(=O)c7n6)cc5)ccc4C3)ccc2[nH]1. The summed E-state index contributed by atoms with van der Waals surface area (Å²) in [6.07, 6.45) is 6.93. The van der Waals surface area contributed by atoms with Gasteiger partial charge in [-0.2, -0.15) is 0 Å². The minimum absolute atomic E-state index is 0.0523. The number of rotatable bonds is 34. The van der Waals surface area contributed by atoms with Gasteiger partial charge in [0.15, 0.2) is 28.7 Å². The normalized spacial score (nSPS) is 13.9. The molecule has 5 aromatic carbocycles. The predicted octanol–water partition coefficient (Wildman–Crippen LogP) is 10.1. The second-order valence-electron chi connectivity index (χ2n) is 25.4. The molecule has 2 aliphatic rings. The number of fused-ring (bicyclic) bond motifs is 6. The average Bonchev–Trinajstić information content (AvgIpc) is 1.61. The second-order valence-corrected chi connectivity index (χ2v) is 28.4. The molecule has 10 N–H and O–H groups in total. The van der Waals surface area contributed by atoms with Gasteiger partial charge in [-0.1, -0.05) is 90.0 Å². The molecule has 0 bridgehead atoms. The van der Waals surface area contributed by atoms with Crippen LogP contribution in [0.2, 0.25) is 0 Å². The molecule has 5 amide bonds. The van der Waals surface area contributed by atoms with Crippen molar-refractivity contribution in [2.24, 2.45) is 17.6 Å². The van der Waals surface area contributed by atoms with Gasteiger partial charge in [-0.3, -0.25) is 53.4 Å². The molecular weight excluding hydrogens is 1350 g/mol. The van der Waals surface area contributed by atoms with E-state index in [9.17, 15) is 47.9 Å². The molecule has 526 valence electrons. The van der Waals surface area contributed by atoms with Crippen LogP contribution < -0.4 is 47.5 Å². The summed E-state index contributed by atoms with van der Waals surface area (Å²) in [6, 6.07) is 28.3. The Morgan fingerprint density at radius 3 is 2.31 bits per heavy atom. The molecule has 0 unspecified atom stereocenters. The number of nitrogens with two attached hydrogens (primary N) is 1. The van der Waals surface area contributed by atoms with E-state index in [1.165, 1.54) is 28.5 Å². The maximum Gasteiger partial charge on any atom is 0.308 e. The topological polar surface area (TPSA) is 363 Å². The van der Waals surface area contributed by atoms with Crippen LogP contribution in [0.5, 0.6) is 5.75 Å². The Hall–Kier alpha value is -10.1. The van der Waals surface area contributed by atoms with Crippen molar-refractivity contribution in [3.63, 3.8) is 0 Å². The third-order valence-electron chi connectivity index (χ3n) is 17.6. The molecule has 1 aliphatic heterocycles. The van der Waals surface area contributed by atoms with Gasteiger partial charge in [-0.15, -0.1) is 11.6 Å². The lowest BCUT2D eigenvalue weighted by Gasteiger charge is -2.22. The molecule has 24 nitrogen and oxygen atoms in total. The Morgan fingerprint density at radius 1 is 0.792 bits per heavy atom. The fourth-order valence-corrected chi connectivity index (χ4v) is 14.5. The zero-order valence-electron chi connectivity index (χ0n) is 56.5. The number of Topliss-reactive ketones (excluding diaryl/α,β-unsaturated/α-hetero) is 3. The van der Waals surface area contributed by atoms with Crippen LogP contribution >= 0.6 is 33.2 Å². The smallest absolute Gasteiger partial charge is 0.308 e. The number of hydrogen-bond acceptors (Lipinski definition) is 17. The Balaban J connectivity index is 0.602. The molecular formula is C74H80ClN13O11S2. The summed E-state index contributed by atoms with van der Waals surface area (Å²) in [7, 11) is 2.97. The number of nitrogens with one attached hydrogen (secondary N) is 8. The number of ketones is 3. The molecule has 4 heterocycles. The molecule has 0 saturated carbocycles. The zero-order chi connectivity index (χ0) is 71.9. The first-order valence-electron chi connectivity index (χ1n) is 33.6. The van der Waals surface area contributed by atoms with E-state index in [1.54, 1.807) is 86.5 Å². The molecule has 0 radical (unpaired) electrons. The lowest BCUT2D eigenvalue weighted by molar-refractivity contribution is -0.133. The van der Waals surface area contributed by atoms with Crippen molar-refractivity contribution in [2.75, 3.05) is 52.6 Å². The molecule has 0 spiro atoms. The lowest BCUT2D eigenvalue weighted by Crippen LogP contribution is -2.45. The summed E-state index contributed by atoms with van der Waals surface area (Å²) in [5, 5.41) is 24.1. The lowest BCUT2D eigenvalue weighted by atomic mass is 9.95. The van der Waals surface area contributed by atoms with E-state index >= 15 is 0 Å². The molecule has 10 rings (SSSR count). The van der Waals surface area contributed by atoms with E-state index in [4.69, 9.17) is 27.5 Å². The second kappa shape index (κ2) is 34.3. The van der Waals surface area contributed by atoms with E-state index < -0.39 is 29.8 Å². The number of H-pyrrole nitrogens is 2. The van der Waals surface area contributed by atoms with Crippen molar-refractivity contribution in [3.05, 3.63) is 164 Å².